The van der Waals surface area contributed by atoms with Crippen molar-refractivity contribution in [2.75, 3.05) is 6.61 Å². The maximum absolute atomic E-state index is 11.3. The third-order valence-corrected chi connectivity index (χ3v) is 4.19. The number of nitrogens with two attached hydrogens (primary N) is 1. The molecule has 1 atom stereocenters. The number of hydrogen-bond donors (Lipinski definition) is 2. The van der Waals surface area contributed by atoms with Gasteiger partial charge in [0, 0.05) is 16.1 Å². The molecule has 0 saturated heterocycles. The van der Waals surface area contributed by atoms with Gasteiger partial charge in [0.1, 0.15) is 5.75 Å². The molecule has 0 fully saturated rings. The van der Waals surface area contributed by atoms with Crippen LogP contribution >= 0.6 is 31.9 Å². The summed E-state index contributed by atoms with van der Waals surface area (Å²) in [7, 11) is 0. The molecule has 1 aromatic carbocycles. The third-order valence-electron chi connectivity index (χ3n) is 2.19. The molecule has 0 aliphatic carbocycles. The van der Waals surface area contributed by atoms with E-state index in [9.17, 15) is 9.90 Å². The molecule has 0 aliphatic heterocycles. The molecule has 94 valence electrons. The lowest BCUT2D eigenvalue weighted by Gasteiger charge is -2.14. The predicted molar refractivity (Wildman–Crippen MR) is 71.7 cm³/mol. The average molecular weight is 367 g/mol. The maximum Gasteiger partial charge on any atom is 0.307 e. The highest BCUT2D eigenvalue weighted by molar-refractivity contribution is 9.13. The minimum atomic E-state index is -0.585. The quantitative estimate of drug-likeness (QED) is 0.803. The van der Waals surface area contributed by atoms with E-state index in [1.54, 1.807) is 19.1 Å². The molecule has 1 unspecified atom stereocenters. The first-order valence-corrected chi connectivity index (χ1v) is 6.64. The Morgan fingerprint density at radius 3 is 2.76 bits per heavy atom. The molecule has 17 heavy (non-hydrogen) atoms. The van der Waals surface area contributed by atoms with Crippen molar-refractivity contribution in [3.05, 3.63) is 26.6 Å². The Morgan fingerprint density at radius 2 is 2.18 bits per heavy atom. The van der Waals surface area contributed by atoms with Crippen molar-refractivity contribution in [2.45, 2.75) is 19.4 Å². The minimum absolute atomic E-state index is 0.0372. The van der Waals surface area contributed by atoms with Crippen molar-refractivity contribution in [2.24, 2.45) is 5.73 Å². The Hall–Kier alpha value is -0.590. The Kier molecular flexibility index (Phi) is 5.42. The summed E-state index contributed by atoms with van der Waals surface area (Å²) in [6.45, 7) is 2.05. The Balaban J connectivity index is 2.86. The van der Waals surface area contributed by atoms with Crippen LogP contribution in [0.15, 0.2) is 21.1 Å². The molecule has 0 spiro atoms. The van der Waals surface area contributed by atoms with Gasteiger partial charge >= 0.3 is 5.97 Å². The van der Waals surface area contributed by atoms with E-state index in [0.29, 0.717) is 16.6 Å². The molecular weight excluding hydrogens is 354 g/mol. The average Bonchev–Trinajstić information content (AvgIpc) is 2.26. The fourth-order valence-electron chi connectivity index (χ4n) is 1.36. The number of esters is 1. The van der Waals surface area contributed by atoms with E-state index >= 15 is 0 Å². The van der Waals surface area contributed by atoms with Crippen molar-refractivity contribution in [3.8, 4) is 5.75 Å². The minimum Gasteiger partial charge on any atom is -0.506 e. The van der Waals surface area contributed by atoms with Crippen LogP contribution in [0.4, 0.5) is 0 Å². The van der Waals surface area contributed by atoms with E-state index in [1.807, 2.05) is 0 Å². The van der Waals surface area contributed by atoms with Gasteiger partial charge in [-0.3, -0.25) is 4.79 Å². The molecule has 0 heterocycles. The zero-order valence-corrected chi connectivity index (χ0v) is 12.4. The number of hydrogen-bond acceptors (Lipinski definition) is 4. The molecule has 3 N–H and O–H groups in total. The highest BCUT2D eigenvalue weighted by Crippen LogP contribution is 2.37. The molecule has 0 bridgehead atoms. The Morgan fingerprint density at radius 1 is 1.53 bits per heavy atom. The number of phenols is 1. The molecule has 0 amide bonds. The van der Waals surface area contributed by atoms with Gasteiger partial charge in [0.05, 0.1) is 17.5 Å². The van der Waals surface area contributed by atoms with Crippen LogP contribution in [0.3, 0.4) is 0 Å². The molecule has 4 nitrogen and oxygen atoms in total. The molecule has 1 rings (SSSR count). The van der Waals surface area contributed by atoms with Gasteiger partial charge in [-0.05, 0) is 44.8 Å². The zero-order chi connectivity index (χ0) is 13.0. The highest BCUT2D eigenvalue weighted by Gasteiger charge is 2.18. The van der Waals surface area contributed by atoms with Crippen molar-refractivity contribution in [1.82, 2.24) is 0 Å². The molecule has 1 aromatic rings. The number of carbonyl (C=O) groups excluding carboxylic acids is 1. The van der Waals surface area contributed by atoms with Crippen LogP contribution in [-0.4, -0.2) is 17.7 Å². The zero-order valence-electron chi connectivity index (χ0n) is 9.24. The van der Waals surface area contributed by atoms with Crippen LogP contribution in [0.2, 0.25) is 0 Å². The molecule has 0 aliphatic rings. The topological polar surface area (TPSA) is 72.5 Å². The Labute approximate surface area is 116 Å². The van der Waals surface area contributed by atoms with E-state index in [2.05, 4.69) is 31.9 Å². The number of halogens is 2. The maximum atomic E-state index is 11.3. The van der Waals surface area contributed by atoms with Gasteiger partial charge in [-0.2, -0.15) is 0 Å². The first kappa shape index (κ1) is 14.5. The SMILES string of the molecule is CCOC(=O)CC(N)c1ccc(Br)c(Br)c1O. The van der Waals surface area contributed by atoms with Gasteiger partial charge in [-0.15, -0.1) is 0 Å². The van der Waals surface area contributed by atoms with Gasteiger partial charge in [0.25, 0.3) is 0 Å². The number of rotatable bonds is 4. The summed E-state index contributed by atoms with van der Waals surface area (Å²) in [6, 6.07) is 2.84. The summed E-state index contributed by atoms with van der Waals surface area (Å²) in [5.74, 6) is -0.338. The lowest BCUT2D eigenvalue weighted by Crippen LogP contribution is -2.17. The van der Waals surface area contributed by atoms with Crippen molar-refractivity contribution >= 4 is 37.8 Å². The van der Waals surface area contributed by atoms with Crippen LogP contribution in [-0.2, 0) is 9.53 Å². The number of benzene rings is 1. The summed E-state index contributed by atoms with van der Waals surface area (Å²) in [5, 5.41) is 9.88. The number of carbonyl (C=O) groups is 1. The second kappa shape index (κ2) is 6.37. The standard InChI is InChI=1S/C11H13Br2NO3/c1-2-17-9(15)5-8(14)6-3-4-7(12)10(13)11(6)16/h3-4,8,16H,2,5,14H2,1H3. The van der Waals surface area contributed by atoms with Crippen LogP contribution in [0, 0.1) is 0 Å². The Bertz CT molecular complexity index is 423. The van der Waals surface area contributed by atoms with E-state index in [-0.39, 0.29) is 18.1 Å². The molecular formula is C11H13Br2NO3. The van der Waals surface area contributed by atoms with Gasteiger partial charge < -0.3 is 15.6 Å². The van der Waals surface area contributed by atoms with Crippen molar-refractivity contribution < 1.29 is 14.6 Å². The molecule has 0 saturated carbocycles. The molecule has 0 aromatic heterocycles. The summed E-state index contributed by atoms with van der Waals surface area (Å²) >= 11 is 6.49. The van der Waals surface area contributed by atoms with E-state index in [1.165, 1.54) is 0 Å². The van der Waals surface area contributed by atoms with Gasteiger partial charge in [-0.1, -0.05) is 6.07 Å². The van der Waals surface area contributed by atoms with Crippen molar-refractivity contribution in [3.63, 3.8) is 0 Å². The second-order valence-electron chi connectivity index (χ2n) is 3.41. The summed E-state index contributed by atoms with van der Waals surface area (Å²) in [5.41, 5.74) is 6.36. The van der Waals surface area contributed by atoms with E-state index in [0.717, 1.165) is 4.47 Å². The van der Waals surface area contributed by atoms with Crippen LogP contribution in [0.25, 0.3) is 0 Å². The van der Waals surface area contributed by atoms with Gasteiger partial charge in [0.2, 0.25) is 0 Å². The second-order valence-corrected chi connectivity index (χ2v) is 5.06. The van der Waals surface area contributed by atoms with Crippen LogP contribution < -0.4 is 5.73 Å². The highest BCUT2D eigenvalue weighted by atomic mass is 79.9. The van der Waals surface area contributed by atoms with Gasteiger partial charge in [0.15, 0.2) is 0 Å². The normalized spacial score (nSPS) is 12.2. The van der Waals surface area contributed by atoms with E-state index < -0.39 is 6.04 Å². The number of ether oxygens (including phenoxy) is 1. The number of phenolic OH excluding ortho intramolecular Hbond substituents is 1. The monoisotopic (exact) mass is 365 g/mol. The summed E-state index contributed by atoms with van der Waals surface area (Å²) in [4.78, 5) is 11.3. The van der Waals surface area contributed by atoms with Crippen LogP contribution in [0.1, 0.15) is 24.9 Å². The lowest BCUT2D eigenvalue weighted by atomic mass is 10.0. The summed E-state index contributed by atoms with van der Waals surface area (Å²) < 4.78 is 6.05. The first-order valence-electron chi connectivity index (χ1n) is 5.05. The molecule has 0 radical (unpaired) electrons. The molecule has 6 heteroatoms. The van der Waals surface area contributed by atoms with E-state index in [4.69, 9.17) is 10.5 Å². The lowest BCUT2D eigenvalue weighted by molar-refractivity contribution is -0.143. The fourth-order valence-corrected chi connectivity index (χ4v) is 2.04. The third kappa shape index (κ3) is 3.69. The fraction of sp³-hybridized carbons (Fsp3) is 0.364. The number of aromatic hydroxyl groups is 1. The summed E-state index contributed by atoms with van der Waals surface area (Å²) in [6.07, 6.45) is 0.0372. The predicted octanol–water partition coefficient (Wildman–Crippen LogP) is 2.87. The van der Waals surface area contributed by atoms with Crippen molar-refractivity contribution in [1.29, 1.82) is 0 Å². The first-order chi connectivity index (χ1) is 7.97. The smallest absolute Gasteiger partial charge is 0.307 e. The van der Waals surface area contributed by atoms with Gasteiger partial charge in [-0.25, -0.2) is 0 Å². The van der Waals surface area contributed by atoms with Crippen LogP contribution in [0.5, 0.6) is 5.75 Å². The largest absolute Gasteiger partial charge is 0.506 e.